The molecule has 0 unspecified atom stereocenters. The van der Waals surface area contributed by atoms with Crippen molar-refractivity contribution in [2.45, 2.75) is 31.6 Å². The zero-order valence-electron chi connectivity index (χ0n) is 15.2. The molecule has 1 aliphatic rings. The quantitative estimate of drug-likeness (QED) is 0.777. The highest BCUT2D eigenvalue weighted by atomic mass is 32.2. The second-order valence-corrected chi connectivity index (χ2v) is 8.04. The molecule has 3 rings (SSSR count). The molecule has 2 amide bonds. The SMILES string of the molecule is Cc1cc2c(cc1S(=O)(=O)NC(=O)CCc1cn(C)nc1C)OCC(=O)N2. The number of aryl methyl sites for hydroxylation is 4. The number of sulfonamides is 1. The van der Waals surface area contributed by atoms with Crippen molar-refractivity contribution in [3.8, 4) is 5.75 Å². The van der Waals surface area contributed by atoms with Crippen LogP contribution in [0.5, 0.6) is 5.75 Å². The van der Waals surface area contributed by atoms with Gasteiger partial charge in [-0.3, -0.25) is 14.3 Å². The van der Waals surface area contributed by atoms with Gasteiger partial charge in [-0.1, -0.05) is 0 Å². The Morgan fingerprint density at radius 2 is 2.11 bits per heavy atom. The lowest BCUT2D eigenvalue weighted by Gasteiger charge is -2.20. The van der Waals surface area contributed by atoms with Gasteiger partial charge < -0.3 is 10.1 Å². The highest BCUT2D eigenvalue weighted by Crippen LogP contribution is 2.32. The lowest BCUT2D eigenvalue weighted by atomic mass is 10.1. The molecule has 2 N–H and O–H groups in total. The molecule has 0 bridgehead atoms. The van der Waals surface area contributed by atoms with Crippen LogP contribution in [0.15, 0.2) is 23.2 Å². The van der Waals surface area contributed by atoms with E-state index < -0.39 is 15.9 Å². The van der Waals surface area contributed by atoms with Gasteiger partial charge in [-0.2, -0.15) is 5.10 Å². The van der Waals surface area contributed by atoms with Gasteiger partial charge in [0.25, 0.3) is 15.9 Å². The van der Waals surface area contributed by atoms with Gasteiger partial charge in [0.15, 0.2) is 6.61 Å². The summed E-state index contributed by atoms with van der Waals surface area (Å²) in [6.45, 7) is 3.23. The van der Waals surface area contributed by atoms with Gasteiger partial charge in [-0.15, -0.1) is 0 Å². The first-order chi connectivity index (χ1) is 12.7. The minimum Gasteiger partial charge on any atom is -0.482 e. The van der Waals surface area contributed by atoms with Crippen LogP contribution in [-0.4, -0.2) is 36.6 Å². The number of amides is 2. The summed E-state index contributed by atoms with van der Waals surface area (Å²) in [6.07, 6.45) is 2.21. The van der Waals surface area contributed by atoms with Gasteiger partial charge >= 0.3 is 0 Å². The molecular weight excluding hydrogens is 372 g/mol. The van der Waals surface area contributed by atoms with Crippen molar-refractivity contribution in [1.29, 1.82) is 0 Å². The van der Waals surface area contributed by atoms with E-state index in [1.54, 1.807) is 24.9 Å². The number of hydrogen-bond acceptors (Lipinski definition) is 6. The Bertz CT molecular complexity index is 1030. The summed E-state index contributed by atoms with van der Waals surface area (Å²) in [6, 6.07) is 2.81. The topological polar surface area (TPSA) is 119 Å². The summed E-state index contributed by atoms with van der Waals surface area (Å²) < 4.78 is 34.2. The van der Waals surface area contributed by atoms with E-state index >= 15 is 0 Å². The zero-order chi connectivity index (χ0) is 19.8. The van der Waals surface area contributed by atoms with Gasteiger partial charge in [0.1, 0.15) is 5.75 Å². The molecule has 0 fully saturated rings. The van der Waals surface area contributed by atoms with E-state index in [4.69, 9.17) is 4.74 Å². The van der Waals surface area contributed by atoms with Gasteiger partial charge in [0.2, 0.25) is 5.91 Å². The summed E-state index contributed by atoms with van der Waals surface area (Å²) in [5, 5.41) is 6.80. The summed E-state index contributed by atoms with van der Waals surface area (Å²) in [5.74, 6) is -0.667. The molecule has 1 aromatic heterocycles. The average Bonchev–Trinajstić information content (AvgIpc) is 2.89. The number of nitrogens with zero attached hydrogens (tertiary/aromatic N) is 2. The summed E-state index contributed by atoms with van der Waals surface area (Å²) in [7, 11) is -2.28. The Hall–Kier alpha value is -2.88. The second-order valence-electron chi connectivity index (χ2n) is 6.39. The lowest BCUT2D eigenvalue weighted by Crippen LogP contribution is -2.32. The Kier molecular flexibility index (Phi) is 4.92. The van der Waals surface area contributed by atoms with Crippen LogP contribution in [0.3, 0.4) is 0 Å². The minimum atomic E-state index is -4.06. The maximum absolute atomic E-state index is 12.6. The van der Waals surface area contributed by atoms with E-state index in [-0.39, 0.29) is 29.6 Å². The molecule has 10 heteroatoms. The molecule has 27 heavy (non-hydrogen) atoms. The van der Waals surface area contributed by atoms with Crippen molar-refractivity contribution < 1.29 is 22.7 Å². The molecule has 144 valence electrons. The molecule has 2 aromatic rings. The minimum absolute atomic E-state index is 0.0162. The molecular formula is C17H20N4O5S. The Balaban J connectivity index is 1.73. The van der Waals surface area contributed by atoms with E-state index in [9.17, 15) is 18.0 Å². The third kappa shape index (κ3) is 4.11. The number of aromatic nitrogens is 2. The number of hydrogen-bond donors (Lipinski definition) is 2. The Labute approximate surface area is 156 Å². The fourth-order valence-corrected chi connectivity index (χ4v) is 4.16. The highest BCUT2D eigenvalue weighted by Gasteiger charge is 2.25. The normalized spacial score (nSPS) is 13.5. The summed E-state index contributed by atoms with van der Waals surface area (Å²) >= 11 is 0. The van der Waals surface area contributed by atoms with Crippen LogP contribution in [0.1, 0.15) is 23.2 Å². The number of fused-ring (bicyclic) bond motifs is 1. The van der Waals surface area contributed by atoms with Crippen molar-refractivity contribution in [2.24, 2.45) is 7.05 Å². The number of benzene rings is 1. The summed E-state index contributed by atoms with van der Waals surface area (Å²) in [4.78, 5) is 23.5. The number of rotatable bonds is 5. The van der Waals surface area contributed by atoms with Gasteiger partial charge in [0.05, 0.1) is 16.3 Å². The molecule has 2 heterocycles. The fraction of sp³-hybridized carbons (Fsp3) is 0.353. The van der Waals surface area contributed by atoms with E-state index in [2.05, 4.69) is 15.1 Å². The molecule has 9 nitrogen and oxygen atoms in total. The van der Waals surface area contributed by atoms with Crippen molar-refractivity contribution in [2.75, 3.05) is 11.9 Å². The number of carbonyl (C=O) groups excluding carboxylic acids is 2. The van der Waals surface area contributed by atoms with E-state index in [0.717, 1.165) is 11.3 Å². The van der Waals surface area contributed by atoms with Gasteiger partial charge in [0, 0.05) is 25.7 Å². The predicted octanol–water partition coefficient (Wildman–Crippen LogP) is 0.806. The van der Waals surface area contributed by atoms with Gasteiger partial charge in [-0.05, 0) is 37.5 Å². The smallest absolute Gasteiger partial charge is 0.264 e. The molecule has 1 aromatic carbocycles. The Morgan fingerprint density at radius 1 is 1.37 bits per heavy atom. The second kappa shape index (κ2) is 7.03. The molecule has 0 spiro atoms. The Morgan fingerprint density at radius 3 is 2.78 bits per heavy atom. The van der Waals surface area contributed by atoms with Crippen LogP contribution in [0.25, 0.3) is 0 Å². The zero-order valence-corrected chi connectivity index (χ0v) is 16.0. The molecule has 1 aliphatic heterocycles. The number of nitrogens with one attached hydrogen (secondary N) is 2. The van der Waals surface area contributed by atoms with Crippen molar-refractivity contribution in [1.82, 2.24) is 14.5 Å². The standard InChI is InChI=1S/C17H20N4O5S/c1-10-6-13-14(26-9-17(23)18-13)7-15(10)27(24,25)20-16(22)5-4-12-8-21(3)19-11(12)2/h6-8H,4-5,9H2,1-3H3,(H,18,23)(H,20,22). The fourth-order valence-electron chi connectivity index (χ4n) is 2.90. The van der Waals surface area contributed by atoms with Crippen molar-refractivity contribution >= 4 is 27.5 Å². The van der Waals surface area contributed by atoms with E-state index in [0.29, 0.717) is 17.7 Å². The first-order valence-corrected chi connectivity index (χ1v) is 9.76. The van der Waals surface area contributed by atoms with Crippen LogP contribution in [0, 0.1) is 13.8 Å². The average molecular weight is 392 g/mol. The molecule has 0 aliphatic carbocycles. The number of carbonyl (C=O) groups is 2. The first kappa shape index (κ1) is 18.9. The predicted molar refractivity (Wildman–Crippen MR) is 96.9 cm³/mol. The van der Waals surface area contributed by atoms with E-state index in [1.165, 1.54) is 12.1 Å². The largest absolute Gasteiger partial charge is 0.482 e. The highest BCUT2D eigenvalue weighted by molar-refractivity contribution is 7.90. The van der Waals surface area contributed by atoms with Crippen molar-refractivity contribution in [3.63, 3.8) is 0 Å². The van der Waals surface area contributed by atoms with Crippen LogP contribution in [0.2, 0.25) is 0 Å². The van der Waals surface area contributed by atoms with E-state index in [1.807, 2.05) is 6.92 Å². The van der Waals surface area contributed by atoms with Crippen LogP contribution < -0.4 is 14.8 Å². The summed E-state index contributed by atoms with van der Waals surface area (Å²) in [5.41, 5.74) is 2.49. The molecule has 0 atom stereocenters. The molecule has 0 radical (unpaired) electrons. The number of ether oxygens (including phenoxy) is 1. The molecule has 0 saturated heterocycles. The third-order valence-electron chi connectivity index (χ3n) is 4.18. The first-order valence-electron chi connectivity index (χ1n) is 8.28. The third-order valence-corrected chi connectivity index (χ3v) is 5.70. The van der Waals surface area contributed by atoms with Crippen molar-refractivity contribution in [3.05, 3.63) is 35.2 Å². The lowest BCUT2D eigenvalue weighted by molar-refractivity contribution is -0.119. The van der Waals surface area contributed by atoms with Crippen LogP contribution in [-0.2, 0) is 33.1 Å². The maximum atomic E-state index is 12.6. The van der Waals surface area contributed by atoms with Crippen LogP contribution in [0.4, 0.5) is 5.69 Å². The molecule has 0 saturated carbocycles. The van der Waals surface area contributed by atoms with Gasteiger partial charge in [-0.25, -0.2) is 13.1 Å². The maximum Gasteiger partial charge on any atom is 0.264 e. The number of anilines is 1. The monoisotopic (exact) mass is 392 g/mol. The van der Waals surface area contributed by atoms with Crippen LogP contribution >= 0.6 is 0 Å².